The summed E-state index contributed by atoms with van der Waals surface area (Å²) >= 11 is 1.27. The minimum atomic E-state index is -4.39. The summed E-state index contributed by atoms with van der Waals surface area (Å²) < 4.78 is 61.3. The molecule has 5 nitrogen and oxygen atoms in total. The average Bonchev–Trinajstić information content (AvgIpc) is 2.95. The van der Waals surface area contributed by atoms with Crippen molar-refractivity contribution in [3.8, 4) is 0 Å². The maximum atomic E-state index is 12.7. The van der Waals surface area contributed by atoms with Gasteiger partial charge in [0.15, 0.2) is 5.13 Å². The second-order valence-corrected chi connectivity index (χ2v) is 8.16. The van der Waals surface area contributed by atoms with Gasteiger partial charge in [-0.05, 0) is 42.3 Å². The first kappa shape index (κ1) is 18.6. The molecule has 1 aromatic heterocycles. The number of sulfonamides is 1. The van der Waals surface area contributed by atoms with Crippen molar-refractivity contribution in [3.63, 3.8) is 0 Å². The molecule has 1 heterocycles. The summed E-state index contributed by atoms with van der Waals surface area (Å²) in [5.74, 6) is 0. The van der Waals surface area contributed by atoms with Crippen LogP contribution in [0, 0.1) is 0 Å². The van der Waals surface area contributed by atoms with Gasteiger partial charge in [0.05, 0.1) is 20.7 Å². The van der Waals surface area contributed by atoms with Crippen molar-refractivity contribution in [1.29, 1.82) is 0 Å². The zero-order valence-electron chi connectivity index (χ0n) is 13.2. The van der Waals surface area contributed by atoms with Crippen molar-refractivity contribution in [2.75, 3.05) is 11.9 Å². The first-order valence-corrected chi connectivity index (χ1v) is 9.82. The van der Waals surface area contributed by atoms with E-state index in [-0.39, 0.29) is 4.90 Å². The van der Waals surface area contributed by atoms with E-state index < -0.39 is 21.8 Å². The van der Waals surface area contributed by atoms with E-state index in [1.165, 1.54) is 29.5 Å². The number of primary sulfonamides is 1. The van der Waals surface area contributed by atoms with Gasteiger partial charge in [0.2, 0.25) is 10.0 Å². The van der Waals surface area contributed by atoms with E-state index in [0.717, 1.165) is 17.7 Å². The molecule has 0 aliphatic carbocycles. The predicted octanol–water partition coefficient (Wildman–Crippen LogP) is 3.62. The molecule has 0 aliphatic rings. The van der Waals surface area contributed by atoms with Gasteiger partial charge in [0, 0.05) is 6.54 Å². The Morgan fingerprint density at radius 1 is 1.12 bits per heavy atom. The summed E-state index contributed by atoms with van der Waals surface area (Å²) in [6.45, 7) is 0.501. The van der Waals surface area contributed by atoms with E-state index in [1.807, 2.05) is 0 Å². The van der Waals surface area contributed by atoms with Crippen molar-refractivity contribution >= 4 is 36.7 Å². The lowest BCUT2D eigenvalue weighted by Crippen LogP contribution is -2.12. The molecule has 10 heteroatoms. The first-order valence-electron chi connectivity index (χ1n) is 7.46. The second-order valence-electron chi connectivity index (χ2n) is 5.57. The second kappa shape index (κ2) is 6.86. The molecule has 3 aromatic rings. The van der Waals surface area contributed by atoms with Crippen molar-refractivity contribution in [3.05, 3.63) is 53.6 Å². The summed E-state index contributed by atoms with van der Waals surface area (Å²) in [6, 6.07) is 9.67. The van der Waals surface area contributed by atoms with Gasteiger partial charge in [-0.1, -0.05) is 23.5 Å². The number of benzene rings is 2. The van der Waals surface area contributed by atoms with Crippen LogP contribution in [0.3, 0.4) is 0 Å². The van der Waals surface area contributed by atoms with Crippen LogP contribution in [0.15, 0.2) is 47.4 Å². The van der Waals surface area contributed by atoms with Crippen LogP contribution in [0.25, 0.3) is 10.2 Å². The van der Waals surface area contributed by atoms with Crippen molar-refractivity contribution in [2.24, 2.45) is 5.14 Å². The third-order valence-electron chi connectivity index (χ3n) is 3.66. The fourth-order valence-electron chi connectivity index (χ4n) is 2.34. The Kier molecular flexibility index (Phi) is 4.91. The van der Waals surface area contributed by atoms with Crippen LogP contribution in [-0.4, -0.2) is 19.9 Å². The summed E-state index contributed by atoms with van der Waals surface area (Å²) in [7, 11) is -3.72. The number of nitrogens with zero attached hydrogens (tertiary/aromatic N) is 1. The summed E-state index contributed by atoms with van der Waals surface area (Å²) in [5.41, 5.74) is 0.465. The van der Waals surface area contributed by atoms with Crippen LogP contribution in [0.5, 0.6) is 0 Å². The first-order chi connectivity index (χ1) is 12.1. The van der Waals surface area contributed by atoms with Crippen molar-refractivity contribution < 1.29 is 21.6 Å². The van der Waals surface area contributed by atoms with Gasteiger partial charge in [0.25, 0.3) is 0 Å². The lowest BCUT2D eigenvalue weighted by atomic mass is 10.1. The van der Waals surface area contributed by atoms with Crippen LogP contribution in [0.4, 0.5) is 18.3 Å². The molecule has 0 saturated carbocycles. The number of rotatable bonds is 5. The Hall–Kier alpha value is -2.17. The standard InChI is InChI=1S/C16H14F3N3O2S2/c17-16(18,19)11-3-6-14-13(9-11)22-15(25-14)21-8-7-10-1-4-12(5-2-10)26(20,23)24/h1-6,9H,7-8H2,(H,21,22)(H2,20,23,24). The molecule has 0 unspecified atom stereocenters. The minimum Gasteiger partial charge on any atom is -0.361 e. The summed E-state index contributed by atoms with van der Waals surface area (Å²) in [5, 5.41) is 8.64. The Balaban J connectivity index is 1.64. The molecule has 0 amide bonds. The largest absolute Gasteiger partial charge is 0.416 e. The normalized spacial score (nSPS) is 12.5. The third-order valence-corrected chi connectivity index (χ3v) is 5.58. The number of halogens is 3. The number of aromatic nitrogens is 1. The number of nitrogens with one attached hydrogen (secondary N) is 1. The topological polar surface area (TPSA) is 85.1 Å². The lowest BCUT2D eigenvalue weighted by molar-refractivity contribution is -0.137. The molecule has 2 aromatic carbocycles. The molecule has 0 bridgehead atoms. The van der Waals surface area contributed by atoms with Crippen LogP contribution in [0.1, 0.15) is 11.1 Å². The number of anilines is 1. The Morgan fingerprint density at radius 3 is 2.42 bits per heavy atom. The SMILES string of the molecule is NS(=O)(=O)c1ccc(CCNc2nc3cc(C(F)(F)F)ccc3s2)cc1. The smallest absolute Gasteiger partial charge is 0.361 e. The van der Waals surface area contributed by atoms with Gasteiger partial charge in [-0.15, -0.1) is 0 Å². The van der Waals surface area contributed by atoms with Crippen LogP contribution < -0.4 is 10.5 Å². The Morgan fingerprint density at radius 2 is 1.81 bits per heavy atom. The van der Waals surface area contributed by atoms with Gasteiger partial charge in [-0.25, -0.2) is 18.5 Å². The maximum Gasteiger partial charge on any atom is 0.416 e. The fraction of sp³-hybridized carbons (Fsp3) is 0.188. The summed E-state index contributed by atoms with van der Waals surface area (Å²) in [4.78, 5) is 4.22. The molecule has 0 spiro atoms. The fourth-order valence-corrected chi connectivity index (χ4v) is 3.73. The molecule has 26 heavy (non-hydrogen) atoms. The number of fused-ring (bicyclic) bond motifs is 1. The van der Waals surface area contributed by atoms with Gasteiger partial charge >= 0.3 is 6.18 Å². The van der Waals surface area contributed by atoms with E-state index >= 15 is 0 Å². The molecule has 0 saturated heterocycles. The average molecular weight is 401 g/mol. The molecular weight excluding hydrogens is 387 g/mol. The van der Waals surface area contributed by atoms with Crippen LogP contribution in [0.2, 0.25) is 0 Å². The van der Waals surface area contributed by atoms with Crippen molar-refractivity contribution in [1.82, 2.24) is 4.98 Å². The highest BCUT2D eigenvalue weighted by Crippen LogP contribution is 2.33. The molecule has 3 N–H and O–H groups in total. The molecule has 0 atom stereocenters. The number of hydrogen-bond donors (Lipinski definition) is 2. The predicted molar refractivity (Wildman–Crippen MR) is 94.6 cm³/mol. The monoisotopic (exact) mass is 401 g/mol. The highest BCUT2D eigenvalue weighted by atomic mass is 32.2. The van der Waals surface area contributed by atoms with E-state index in [9.17, 15) is 21.6 Å². The summed E-state index contributed by atoms with van der Waals surface area (Å²) in [6.07, 6.45) is -3.80. The molecule has 0 radical (unpaired) electrons. The number of thiazole rings is 1. The van der Waals surface area contributed by atoms with Gasteiger partial charge in [0.1, 0.15) is 0 Å². The molecular formula is C16H14F3N3O2S2. The molecule has 3 rings (SSSR count). The van der Waals surface area contributed by atoms with E-state index in [1.54, 1.807) is 12.1 Å². The molecule has 138 valence electrons. The number of nitrogens with two attached hydrogens (primary N) is 1. The van der Waals surface area contributed by atoms with Crippen molar-refractivity contribution in [2.45, 2.75) is 17.5 Å². The van der Waals surface area contributed by atoms with Crippen LogP contribution >= 0.6 is 11.3 Å². The molecule has 0 aliphatic heterocycles. The Labute approximate surface area is 151 Å². The number of alkyl halides is 3. The number of hydrogen-bond acceptors (Lipinski definition) is 5. The zero-order chi connectivity index (χ0) is 18.9. The zero-order valence-corrected chi connectivity index (χ0v) is 14.9. The minimum absolute atomic E-state index is 0.0425. The highest BCUT2D eigenvalue weighted by Gasteiger charge is 2.30. The van der Waals surface area contributed by atoms with Gasteiger partial charge in [-0.2, -0.15) is 13.2 Å². The lowest BCUT2D eigenvalue weighted by Gasteiger charge is -2.05. The maximum absolute atomic E-state index is 12.7. The Bertz CT molecular complexity index is 1030. The van der Waals surface area contributed by atoms with Gasteiger partial charge < -0.3 is 5.32 Å². The van der Waals surface area contributed by atoms with Crippen LogP contribution in [-0.2, 0) is 22.6 Å². The van der Waals surface area contributed by atoms with E-state index in [0.29, 0.717) is 28.3 Å². The highest BCUT2D eigenvalue weighted by molar-refractivity contribution is 7.89. The van der Waals surface area contributed by atoms with E-state index in [2.05, 4.69) is 10.3 Å². The molecule has 0 fully saturated rings. The quantitative estimate of drug-likeness (QED) is 0.684. The third kappa shape index (κ3) is 4.32. The van der Waals surface area contributed by atoms with Gasteiger partial charge in [-0.3, -0.25) is 0 Å². The van der Waals surface area contributed by atoms with E-state index in [4.69, 9.17) is 5.14 Å².